The van der Waals surface area contributed by atoms with Crippen molar-refractivity contribution in [2.24, 2.45) is 0 Å². The quantitative estimate of drug-likeness (QED) is 0.294. The number of fused-ring (bicyclic) bond motifs is 1. The predicted molar refractivity (Wildman–Crippen MR) is 126 cm³/mol. The molecule has 0 aromatic heterocycles. The van der Waals surface area contributed by atoms with Crippen LogP contribution < -0.4 is 0 Å². The average Bonchev–Trinajstić information content (AvgIpc) is 3.09. The van der Waals surface area contributed by atoms with Gasteiger partial charge in [0, 0.05) is 16.6 Å². The van der Waals surface area contributed by atoms with Crippen molar-refractivity contribution in [2.75, 3.05) is 0 Å². The van der Waals surface area contributed by atoms with Crippen LogP contribution in [-0.2, 0) is 9.59 Å². The van der Waals surface area contributed by atoms with Gasteiger partial charge in [0.2, 0.25) is 0 Å². The largest absolute Gasteiger partial charge is 0.507 e. The van der Waals surface area contributed by atoms with E-state index in [1.807, 2.05) is 48.5 Å². The summed E-state index contributed by atoms with van der Waals surface area (Å²) in [4.78, 5) is 28.3. The molecule has 3 aromatic rings. The van der Waals surface area contributed by atoms with Gasteiger partial charge in [0.15, 0.2) is 0 Å². The van der Waals surface area contributed by atoms with Gasteiger partial charge >= 0.3 is 0 Å². The van der Waals surface area contributed by atoms with Gasteiger partial charge in [-0.1, -0.05) is 85.5 Å². The summed E-state index contributed by atoms with van der Waals surface area (Å²) < 4.78 is 0. The molecule has 5 heteroatoms. The van der Waals surface area contributed by atoms with Crippen molar-refractivity contribution >= 4 is 39.8 Å². The van der Waals surface area contributed by atoms with Crippen LogP contribution in [0.15, 0.2) is 72.3 Å². The van der Waals surface area contributed by atoms with E-state index in [1.165, 1.54) is 0 Å². The number of benzene rings is 3. The number of ketones is 1. The average molecular weight is 446 g/mol. The third kappa shape index (κ3) is 3.49. The highest BCUT2D eigenvalue weighted by molar-refractivity contribution is 6.46. The second kappa shape index (κ2) is 8.44. The number of likely N-dealkylation sites (tertiary alicyclic amines) is 1. The molecule has 1 atom stereocenters. The molecule has 0 bridgehead atoms. The number of Topliss-reactive ketones (excluding diaryl/α,β-unsaturated/α-hetero) is 1. The minimum Gasteiger partial charge on any atom is -0.507 e. The molecular weight excluding hydrogens is 422 g/mol. The topological polar surface area (TPSA) is 57.6 Å². The lowest BCUT2D eigenvalue weighted by Gasteiger charge is -2.35. The van der Waals surface area contributed by atoms with E-state index in [-0.39, 0.29) is 17.4 Å². The Hall–Kier alpha value is -3.11. The van der Waals surface area contributed by atoms with Crippen molar-refractivity contribution in [3.8, 4) is 0 Å². The molecule has 1 amide bonds. The fraction of sp³-hybridized carbons (Fsp3) is 0.259. The van der Waals surface area contributed by atoms with Crippen LogP contribution >= 0.6 is 11.6 Å². The Labute approximate surface area is 192 Å². The van der Waals surface area contributed by atoms with Gasteiger partial charge < -0.3 is 10.0 Å². The fourth-order valence-corrected chi connectivity index (χ4v) is 5.26. The molecule has 1 saturated heterocycles. The highest BCUT2D eigenvalue weighted by Gasteiger charge is 2.48. The molecule has 2 aliphatic rings. The fourth-order valence-electron chi connectivity index (χ4n) is 5.14. The highest BCUT2D eigenvalue weighted by Crippen LogP contribution is 2.43. The van der Waals surface area contributed by atoms with Gasteiger partial charge in [0.05, 0.1) is 11.6 Å². The molecule has 1 N–H and O–H groups in total. The number of nitrogens with zero attached hydrogens (tertiary/aromatic N) is 1. The van der Waals surface area contributed by atoms with Crippen LogP contribution in [-0.4, -0.2) is 27.7 Å². The number of halogens is 1. The smallest absolute Gasteiger partial charge is 0.295 e. The Morgan fingerprint density at radius 3 is 2.31 bits per heavy atom. The molecule has 1 saturated carbocycles. The zero-order valence-corrected chi connectivity index (χ0v) is 18.4. The second-order valence-corrected chi connectivity index (χ2v) is 9.01. The molecule has 1 unspecified atom stereocenters. The summed E-state index contributed by atoms with van der Waals surface area (Å²) in [6.07, 6.45) is 4.94. The van der Waals surface area contributed by atoms with Crippen molar-refractivity contribution in [3.05, 3.63) is 88.5 Å². The van der Waals surface area contributed by atoms with E-state index in [0.717, 1.165) is 48.4 Å². The third-order valence-electron chi connectivity index (χ3n) is 6.68. The van der Waals surface area contributed by atoms with Crippen LogP contribution in [0.2, 0.25) is 5.02 Å². The van der Waals surface area contributed by atoms with Gasteiger partial charge in [-0.25, -0.2) is 0 Å². The first-order valence-corrected chi connectivity index (χ1v) is 11.5. The molecule has 2 fully saturated rings. The molecule has 32 heavy (non-hydrogen) atoms. The summed E-state index contributed by atoms with van der Waals surface area (Å²) in [5, 5.41) is 13.8. The lowest BCUT2D eigenvalue weighted by molar-refractivity contribution is -0.141. The molecule has 0 radical (unpaired) electrons. The molecule has 0 spiro atoms. The number of carbonyl (C=O) groups is 2. The summed E-state index contributed by atoms with van der Waals surface area (Å²) in [5.74, 6) is -1.28. The first-order chi connectivity index (χ1) is 15.6. The van der Waals surface area contributed by atoms with Gasteiger partial charge in [0.1, 0.15) is 5.76 Å². The predicted octanol–water partition coefficient (Wildman–Crippen LogP) is 6.25. The van der Waals surface area contributed by atoms with Crippen LogP contribution in [0.25, 0.3) is 16.5 Å². The van der Waals surface area contributed by atoms with Crippen LogP contribution in [0.5, 0.6) is 0 Å². The van der Waals surface area contributed by atoms with Crippen LogP contribution in [0.1, 0.15) is 49.3 Å². The van der Waals surface area contributed by atoms with E-state index in [1.54, 1.807) is 23.1 Å². The summed E-state index contributed by atoms with van der Waals surface area (Å²) in [6.45, 7) is 0. The first-order valence-electron chi connectivity index (χ1n) is 11.1. The van der Waals surface area contributed by atoms with E-state index < -0.39 is 17.7 Å². The second-order valence-electron chi connectivity index (χ2n) is 8.58. The Balaban J connectivity index is 1.72. The summed E-state index contributed by atoms with van der Waals surface area (Å²) in [5.41, 5.74) is 1.49. The summed E-state index contributed by atoms with van der Waals surface area (Å²) in [7, 11) is 0. The van der Waals surface area contributed by atoms with Crippen LogP contribution in [0, 0.1) is 0 Å². The van der Waals surface area contributed by atoms with Crippen molar-refractivity contribution < 1.29 is 14.7 Å². The molecule has 1 heterocycles. The maximum absolute atomic E-state index is 13.3. The minimum absolute atomic E-state index is 0.0151. The molecule has 3 aromatic carbocycles. The summed E-state index contributed by atoms with van der Waals surface area (Å²) >= 11 is 6.11. The SMILES string of the molecule is O=C1C(=O)N(C2CCCCC2)C(c2ccc(Cl)cc2)/C1=C(/O)c1cccc2ccccc12. The zero-order chi connectivity index (χ0) is 22.2. The van der Waals surface area contributed by atoms with Crippen molar-refractivity contribution in [1.82, 2.24) is 4.90 Å². The number of aliphatic hydroxyl groups excluding tert-OH is 1. The lowest BCUT2D eigenvalue weighted by Crippen LogP contribution is -2.40. The van der Waals surface area contributed by atoms with E-state index in [0.29, 0.717) is 10.6 Å². The number of hydrogen-bond donors (Lipinski definition) is 1. The van der Waals surface area contributed by atoms with Crippen LogP contribution in [0.4, 0.5) is 0 Å². The zero-order valence-electron chi connectivity index (χ0n) is 17.6. The number of aliphatic hydroxyl groups is 1. The molecule has 4 nitrogen and oxygen atoms in total. The van der Waals surface area contributed by atoms with Crippen molar-refractivity contribution in [3.63, 3.8) is 0 Å². The molecule has 5 rings (SSSR count). The lowest BCUT2D eigenvalue weighted by atomic mass is 9.90. The number of amides is 1. The van der Waals surface area contributed by atoms with E-state index in [2.05, 4.69) is 0 Å². The van der Waals surface area contributed by atoms with E-state index in [4.69, 9.17) is 11.6 Å². The number of rotatable bonds is 3. The summed E-state index contributed by atoms with van der Waals surface area (Å²) in [6, 6.07) is 19.9. The Kier molecular flexibility index (Phi) is 5.48. The maximum atomic E-state index is 13.3. The van der Waals surface area contributed by atoms with Crippen molar-refractivity contribution in [2.45, 2.75) is 44.2 Å². The number of carbonyl (C=O) groups excluding carboxylic acids is 2. The Morgan fingerprint density at radius 1 is 0.875 bits per heavy atom. The normalized spacial score (nSPS) is 21.4. The molecule has 162 valence electrons. The van der Waals surface area contributed by atoms with Gasteiger partial charge in [-0.3, -0.25) is 9.59 Å². The Morgan fingerprint density at radius 2 is 1.56 bits per heavy atom. The molecular formula is C27H24ClNO3. The highest BCUT2D eigenvalue weighted by atomic mass is 35.5. The van der Waals surface area contributed by atoms with E-state index in [9.17, 15) is 14.7 Å². The molecule has 1 aliphatic heterocycles. The third-order valence-corrected chi connectivity index (χ3v) is 6.93. The maximum Gasteiger partial charge on any atom is 0.295 e. The first kappa shape index (κ1) is 20.8. The van der Waals surface area contributed by atoms with Gasteiger partial charge in [-0.2, -0.15) is 0 Å². The molecule has 1 aliphatic carbocycles. The number of hydrogen-bond acceptors (Lipinski definition) is 3. The Bertz CT molecular complexity index is 1220. The minimum atomic E-state index is -0.630. The van der Waals surface area contributed by atoms with E-state index >= 15 is 0 Å². The van der Waals surface area contributed by atoms with Gasteiger partial charge in [0.25, 0.3) is 11.7 Å². The van der Waals surface area contributed by atoms with Gasteiger partial charge in [-0.05, 0) is 41.3 Å². The van der Waals surface area contributed by atoms with Crippen molar-refractivity contribution in [1.29, 1.82) is 0 Å². The monoisotopic (exact) mass is 445 g/mol. The van der Waals surface area contributed by atoms with Crippen LogP contribution in [0.3, 0.4) is 0 Å². The van der Waals surface area contributed by atoms with Gasteiger partial charge in [-0.15, -0.1) is 0 Å². The standard InChI is InChI=1S/C27H24ClNO3/c28-19-15-13-18(14-16-19)24-23(26(31)27(32)29(24)20-9-2-1-3-10-20)25(30)22-12-6-8-17-7-4-5-11-21(17)22/h4-8,11-16,20,24,30H,1-3,9-10H2/b25-23-.